The highest BCUT2D eigenvalue weighted by molar-refractivity contribution is 7.89. The molecule has 0 saturated carbocycles. The number of nitrogens with zero attached hydrogens (tertiary/aromatic N) is 2. The van der Waals surface area contributed by atoms with E-state index in [1.54, 1.807) is 12.1 Å². The third kappa shape index (κ3) is 5.37. The van der Waals surface area contributed by atoms with Gasteiger partial charge in [0, 0.05) is 31.9 Å². The number of benzene rings is 2. The Morgan fingerprint density at radius 3 is 2.29 bits per heavy atom. The van der Waals surface area contributed by atoms with Crippen molar-refractivity contribution in [1.82, 2.24) is 4.31 Å². The minimum atomic E-state index is -3.56. The molecule has 168 valence electrons. The number of aryl methyl sites for hydroxylation is 2. The van der Waals surface area contributed by atoms with Gasteiger partial charge in [-0.15, -0.1) is 0 Å². The summed E-state index contributed by atoms with van der Waals surface area (Å²) in [6.45, 7) is 10.5. The summed E-state index contributed by atoms with van der Waals surface area (Å²) in [4.78, 5) is 2.55. The SMILES string of the molecule is CCN(CC)S(=O)(=O)c1ccc(N2CCCC2)c(NC(=S)Nc2cc(C)ccc2C)c1. The monoisotopic (exact) mass is 460 g/mol. The first-order valence-corrected chi connectivity index (χ1v) is 12.7. The highest BCUT2D eigenvalue weighted by Gasteiger charge is 2.24. The molecule has 1 fully saturated rings. The molecule has 0 aromatic heterocycles. The maximum atomic E-state index is 13.1. The molecule has 1 saturated heterocycles. The quantitative estimate of drug-likeness (QED) is 0.582. The maximum Gasteiger partial charge on any atom is 0.243 e. The average molecular weight is 461 g/mol. The minimum Gasteiger partial charge on any atom is -0.370 e. The topological polar surface area (TPSA) is 64.7 Å². The molecule has 0 radical (unpaired) electrons. The van der Waals surface area contributed by atoms with E-state index >= 15 is 0 Å². The summed E-state index contributed by atoms with van der Waals surface area (Å²) in [5, 5.41) is 6.96. The van der Waals surface area contributed by atoms with E-state index < -0.39 is 10.0 Å². The van der Waals surface area contributed by atoms with E-state index in [4.69, 9.17) is 12.2 Å². The van der Waals surface area contributed by atoms with Crippen LogP contribution < -0.4 is 15.5 Å². The van der Waals surface area contributed by atoms with E-state index in [9.17, 15) is 8.42 Å². The molecule has 3 rings (SSSR count). The fourth-order valence-electron chi connectivity index (χ4n) is 3.87. The van der Waals surface area contributed by atoms with Crippen LogP contribution in [0.4, 0.5) is 17.1 Å². The molecule has 0 aliphatic carbocycles. The van der Waals surface area contributed by atoms with Gasteiger partial charge in [0.05, 0.1) is 16.3 Å². The van der Waals surface area contributed by atoms with Crippen LogP contribution in [0.3, 0.4) is 0 Å². The molecule has 0 bridgehead atoms. The first kappa shape index (κ1) is 23.5. The van der Waals surface area contributed by atoms with Crippen molar-refractivity contribution in [2.24, 2.45) is 0 Å². The Morgan fingerprint density at radius 2 is 1.65 bits per heavy atom. The van der Waals surface area contributed by atoms with Crippen LogP contribution in [0, 0.1) is 13.8 Å². The number of hydrogen-bond acceptors (Lipinski definition) is 4. The van der Waals surface area contributed by atoms with Crippen molar-refractivity contribution >= 4 is 44.4 Å². The summed E-state index contributed by atoms with van der Waals surface area (Å²) in [7, 11) is -3.56. The van der Waals surface area contributed by atoms with Gasteiger partial charge in [0.2, 0.25) is 10.0 Å². The number of thiocarbonyl (C=S) groups is 1. The van der Waals surface area contributed by atoms with Crippen molar-refractivity contribution in [2.45, 2.75) is 45.4 Å². The third-order valence-corrected chi connectivity index (χ3v) is 7.90. The largest absolute Gasteiger partial charge is 0.370 e. The van der Waals surface area contributed by atoms with E-state index in [-0.39, 0.29) is 4.90 Å². The van der Waals surface area contributed by atoms with Crippen molar-refractivity contribution in [2.75, 3.05) is 41.7 Å². The van der Waals surface area contributed by atoms with Gasteiger partial charge in [-0.25, -0.2) is 8.42 Å². The van der Waals surface area contributed by atoms with Crippen LogP contribution in [0.1, 0.15) is 37.8 Å². The Kier molecular flexibility index (Phi) is 7.56. The highest BCUT2D eigenvalue weighted by atomic mass is 32.2. The lowest BCUT2D eigenvalue weighted by molar-refractivity contribution is 0.445. The second-order valence-corrected chi connectivity index (χ2v) is 10.2. The van der Waals surface area contributed by atoms with Gasteiger partial charge in [-0.2, -0.15) is 4.31 Å². The van der Waals surface area contributed by atoms with Crippen LogP contribution in [-0.2, 0) is 10.0 Å². The van der Waals surface area contributed by atoms with E-state index in [1.807, 2.05) is 45.9 Å². The third-order valence-electron chi connectivity index (χ3n) is 5.65. The molecule has 0 spiro atoms. The lowest BCUT2D eigenvalue weighted by Gasteiger charge is -2.25. The predicted molar refractivity (Wildman–Crippen MR) is 134 cm³/mol. The van der Waals surface area contributed by atoms with Crippen LogP contribution in [0.25, 0.3) is 0 Å². The number of anilines is 3. The molecule has 31 heavy (non-hydrogen) atoms. The summed E-state index contributed by atoms with van der Waals surface area (Å²) in [6.07, 6.45) is 2.26. The van der Waals surface area contributed by atoms with Gasteiger partial charge in [0.15, 0.2) is 5.11 Å². The van der Waals surface area contributed by atoms with Crippen LogP contribution in [-0.4, -0.2) is 44.0 Å². The molecule has 6 nitrogen and oxygen atoms in total. The molecule has 0 atom stereocenters. The van der Waals surface area contributed by atoms with Crippen LogP contribution >= 0.6 is 12.2 Å². The number of rotatable bonds is 7. The molecule has 1 aliphatic rings. The first-order chi connectivity index (χ1) is 14.8. The zero-order valence-corrected chi connectivity index (χ0v) is 20.4. The average Bonchev–Trinajstić information content (AvgIpc) is 3.26. The Morgan fingerprint density at radius 1 is 1.00 bits per heavy atom. The fraction of sp³-hybridized carbons (Fsp3) is 0.435. The highest BCUT2D eigenvalue weighted by Crippen LogP contribution is 2.32. The number of hydrogen-bond donors (Lipinski definition) is 2. The van der Waals surface area contributed by atoms with Crippen molar-refractivity contribution in [3.05, 3.63) is 47.5 Å². The van der Waals surface area contributed by atoms with E-state index in [2.05, 4.69) is 21.6 Å². The molecule has 1 aliphatic heterocycles. The van der Waals surface area contributed by atoms with Gasteiger partial charge in [-0.1, -0.05) is 26.0 Å². The minimum absolute atomic E-state index is 0.274. The molecule has 8 heteroatoms. The van der Waals surface area contributed by atoms with Crippen LogP contribution in [0.15, 0.2) is 41.3 Å². The Balaban J connectivity index is 1.93. The molecular weight excluding hydrogens is 428 g/mol. The summed E-state index contributed by atoms with van der Waals surface area (Å²) in [5.41, 5.74) is 4.85. The summed E-state index contributed by atoms with van der Waals surface area (Å²) in [6, 6.07) is 11.5. The van der Waals surface area contributed by atoms with Crippen molar-refractivity contribution in [3.8, 4) is 0 Å². The molecule has 2 aromatic rings. The number of sulfonamides is 1. The fourth-order valence-corrected chi connectivity index (χ4v) is 5.57. The van der Waals surface area contributed by atoms with Gasteiger partial charge in [0.25, 0.3) is 0 Å². The lowest BCUT2D eigenvalue weighted by atomic mass is 10.1. The van der Waals surface area contributed by atoms with Crippen molar-refractivity contribution in [1.29, 1.82) is 0 Å². The van der Waals surface area contributed by atoms with E-state index in [1.165, 1.54) is 4.31 Å². The molecular formula is C23H32N4O2S2. The van der Waals surface area contributed by atoms with Crippen molar-refractivity contribution in [3.63, 3.8) is 0 Å². The molecule has 2 aromatic carbocycles. The van der Waals surface area contributed by atoms with Crippen molar-refractivity contribution < 1.29 is 8.42 Å². The number of nitrogens with one attached hydrogen (secondary N) is 2. The molecule has 0 unspecified atom stereocenters. The summed E-state index contributed by atoms with van der Waals surface area (Å²) in [5.74, 6) is 0. The molecule has 0 amide bonds. The van der Waals surface area contributed by atoms with E-state index in [0.29, 0.717) is 23.9 Å². The van der Waals surface area contributed by atoms with Gasteiger partial charge in [-0.3, -0.25) is 0 Å². The predicted octanol–water partition coefficient (Wildman–Crippen LogP) is 4.74. The Hall–Kier alpha value is -2.16. The lowest BCUT2D eigenvalue weighted by Crippen LogP contribution is -2.31. The van der Waals surface area contributed by atoms with Gasteiger partial charge >= 0.3 is 0 Å². The normalized spacial score (nSPS) is 14.2. The standard InChI is InChI=1S/C23H32N4O2S2/c1-5-27(6-2)31(28,29)19-11-12-22(26-13-7-8-14-26)21(16-19)25-23(30)24-20-15-17(3)9-10-18(20)4/h9-12,15-16H,5-8,13-14H2,1-4H3,(H2,24,25,30). The second kappa shape index (κ2) is 9.97. The van der Waals surface area contributed by atoms with Gasteiger partial charge in [0.1, 0.15) is 0 Å². The van der Waals surface area contributed by atoms with E-state index in [0.717, 1.165) is 48.4 Å². The van der Waals surface area contributed by atoms with Crippen LogP contribution in [0.2, 0.25) is 0 Å². The zero-order chi connectivity index (χ0) is 22.6. The van der Waals surface area contributed by atoms with Gasteiger partial charge in [-0.05, 0) is 74.3 Å². The van der Waals surface area contributed by atoms with Crippen LogP contribution in [0.5, 0.6) is 0 Å². The second-order valence-electron chi connectivity index (χ2n) is 7.86. The molecule has 2 N–H and O–H groups in total. The summed E-state index contributed by atoms with van der Waals surface area (Å²) < 4.78 is 27.6. The van der Waals surface area contributed by atoms with Gasteiger partial charge < -0.3 is 15.5 Å². The Labute approximate surface area is 191 Å². The Bertz CT molecular complexity index is 1040. The smallest absolute Gasteiger partial charge is 0.243 e. The molecule has 1 heterocycles. The zero-order valence-electron chi connectivity index (χ0n) is 18.7. The first-order valence-electron chi connectivity index (χ1n) is 10.8. The summed E-state index contributed by atoms with van der Waals surface area (Å²) >= 11 is 5.59. The maximum absolute atomic E-state index is 13.1.